The number of nitrogens with zero attached hydrogens (tertiary/aromatic N) is 1. The molecule has 0 bridgehead atoms. The summed E-state index contributed by atoms with van der Waals surface area (Å²) >= 11 is 0. The first-order chi connectivity index (χ1) is 7.47. The van der Waals surface area contributed by atoms with Crippen LogP contribution >= 0.6 is 0 Å². The zero-order chi connectivity index (χ0) is 11.8. The van der Waals surface area contributed by atoms with Crippen molar-refractivity contribution in [1.82, 2.24) is 4.90 Å². The third-order valence-corrected chi connectivity index (χ3v) is 3.38. The Bertz CT molecular complexity index is 252. The molecule has 0 N–H and O–H groups in total. The fourth-order valence-electron chi connectivity index (χ4n) is 2.30. The van der Waals surface area contributed by atoms with Crippen molar-refractivity contribution < 1.29 is 18.3 Å². The molecule has 0 saturated carbocycles. The molecule has 0 unspecified atom stereocenters. The van der Waals surface area contributed by atoms with E-state index in [-0.39, 0.29) is 19.0 Å². The lowest BCUT2D eigenvalue weighted by Gasteiger charge is -2.49. The summed E-state index contributed by atoms with van der Waals surface area (Å²) in [6.45, 7) is 4.93. The Kier molecular flexibility index (Phi) is 3.20. The summed E-state index contributed by atoms with van der Waals surface area (Å²) in [4.78, 5) is 1.77. The van der Waals surface area contributed by atoms with Crippen molar-refractivity contribution in [3.05, 3.63) is 0 Å². The number of hydrogen-bond donors (Lipinski definition) is 0. The standard InChI is InChI=1S/C11H19F2NO2/c1-9(2)14-5-4-11(10(12,13)8-14)15-6-3-7-16-11/h9H,3-8H2,1-2H3. The molecule has 0 aliphatic carbocycles. The molecule has 16 heavy (non-hydrogen) atoms. The smallest absolute Gasteiger partial charge is 0.313 e. The Hall–Kier alpha value is -0.260. The van der Waals surface area contributed by atoms with Crippen molar-refractivity contribution in [2.45, 2.75) is 44.4 Å². The van der Waals surface area contributed by atoms with Gasteiger partial charge in [0.25, 0.3) is 0 Å². The number of rotatable bonds is 1. The Morgan fingerprint density at radius 1 is 1.19 bits per heavy atom. The van der Waals surface area contributed by atoms with Gasteiger partial charge in [0.1, 0.15) is 0 Å². The number of ether oxygens (including phenoxy) is 2. The number of likely N-dealkylation sites (tertiary alicyclic amines) is 1. The lowest BCUT2D eigenvalue weighted by molar-refractivity contribution is -0.374. The molecule has 2 fully saturated rings. The van der Waals surface area contributed by atoms with Crippen molar-refractivity contribution in [1.29, 1.82) is 0 Å². The first-order valence-electron chi connectivity index (χ1n) is 5.87. The van der Waals surface area contributed by atoms with Crippen LogP contribution in [0, 0.1) is 0 Å². The Labute approximate surface area is 94.7 Å². The van der Waals surface area contributed by atoms with Crippen LogP contribution in [0.15, 0.2) is 0 Å². The Morgan fingerprint density at radius 2 is 1.81 bits per heavy atom. The number of alkyl halides is 2. The van der Waals surface area contributed by atoms with E-state index in [1.54, 1.807) is 4.90 Å². The highest BCUT2D eigenvalue weighted by Crippen LogP contribution is 2.42. The van der Waals surface area contributed by atoms with Crippen LogP contribution < -0.4 is 0 Å². The van der Waals surface area contributed by atoms with E-state index in [0.717, 1.165) is 0 Å². The van der Waals surface area contributed by atoms with Crippen LogP contribution in [0.1, 0.15) is 26.7 Å². The second kappa shape index (κ2) is 4.20. The summed E-state index contributed by atoms with van der Waals surface area (Å²) in [5.41, 5.74) is 0. The molecule has 5 heteroatoms. The maximum atomic E-state index is 14.1. The predicted octanol–water partition coefficient (Wildman–Crippen LogP) is 1.87. The highest BCUT2D eigenvalue weighted by atomic mass is 19.3. The largest absolute Gasteiger partial charge is 0.345 e. The lowest BCUT2D eigenvalue weighted by Crippen LogP contribution is -2.65. The highest BCUT2D eigenvalue weighted by molar-refractivity contribution is 4.96. The monoisotopic (exact) mass is 235 g/mol. The first-order valence-corrected chi connectivity index (χ1v) is 5.87. The topological polar surface area (TPSA) is 21.7 Å². The van der Waals surface area contributed by atoms with Gasteiger partial charge in [0, 0.05) is 19.0 Å². The number of piperidine rings is 1. The van der Waals surface area contributed by atoms with Gasteiger partial charge in [0.15, 0.2) is 0 Å². The highest BCUT2D eigenvalue weighted by Gasteiger charge is 2.60. The lowest BCUT2D eigenvalue weighted by atomic mass is 9.97. The van der Waals surface area contributed by atoms with Crippen LogP contribution in [-0.2, 0) is 9.47 Å². The van der Waals surface area contributed by atoms with Crippen LogP contribution in [0.4, 0.5) is 8.78 Å². The van der Waals surface area contributed by atoms with E-state index >= 15 is 0 Å². The minimum atomic E-state index is -2.92. The first kappa shape index (κ1) is 12.2. The second-order valence-electron chi connectivity index (χ2n) is 4.82. The molecule has 2 saturated heterocycles. The zero-order valence-corrected chi connectivity index (χ0v) is 9.84. The Morgan fingerprint density at radius 3 is 2.31 bits per heavy atom. The minimum Gasteiger partial charge on any atom is -0.345 e. The molecule has 2 aliphatic rings. The average molecular weight is 235 g/mol. The maximum Gasteiger partial charge on any atom is 0.313 e. The normalized spacial score (nSPS) is 29.8. The maximum absolute atomic E-state index is 14.1. The number of halogens is 2. The Balaban J connectivity index is 2.11. The molecule has 94 valence electrons. The second-order valence-corrected chi connectivity index (χ2v) is 4.82. The molecule has 0 aromatic carbocycles. The van der Waals surface area contributed by atoms with Gasteiger partial charge in [-0.2, -0.15) is 8.78 Å². The van der Waals surface area contributed by atoms with E-state index in [2.05, 4.69) is 0 Å². The molecule has 3 nitrogen and oxygen atoms in total. The summed E-state index contributed by atoms with van der Waals surface area (Å²) in [5, 5.41) is 0. The van der Waals surface area contributed by atoms with Crippen LogP contribution in [0.5, 0.6) is 0 Å². The molecular weight excluding hydrogens is 216 g/mol. The van der Waals surface area contributed by atoms with E-state index in [9.17, 15) is 8.78 Å². The molecule has 0 radical (unpaired) electrons. The van der Waals surface area contributed by atoms with E-state index in [1.165, 1.54) is 0 Å². The predicted molar refractivity (Wildman–Crippen MR) is 55.5 cm³/mol. The van der Waals surface area contributed by atoms with Gasteiger partial charge in [0.2, 0.25) is 5.79 Å². The van der Waals surface area contributed by atoms with Crippen LogP contribution in [0.25, 0.3) is 0 Å². The molecule has 0 aromatic heterocycles. The molecule has 0 aromatic rings. The molecule has 2 aliphatic heterocycles. The fraction of sp³-hybridized carbons (Fsp3) is 1.00. The van der Waals surface area contributed by atoms with E-state index < -0.39 is 11.7 Å². The van der Waals surface area contributed by atoms with Crippen molar-refractivity contribution in [3.63, 3.8) is 0 Å². The molecule has 1 spiro atoms. The van der Waals surface area contributed by atoms with Crippen molar-refractivity contribution in [2.75, 3.05) is 26.3 Å². The summed E-state index contributed by atoms with van der Waals surface area (Å²) in [6.07, 6.45) is 0.948. The quantitative estimate of drug-likeness (QED) is 0.692. The SMILES string of the molecule is CC(C)N1CCC2(OCCCO2)C(F)(F)C1. The van der Waals surface area contributed by atoms with Gasteiger partial charge < -0.3 is 9.47 Å². The summed E-state index contributed by atoms with van der Waals surface area (Å²) in [6, 6.07) is 0.131. The third-order valence-electron chi connectivity index (χ3n) is 3.38. The average Bonchev–Trinajstić information content (AvgIpc) is 2.23. The van der Waals surface area contributed by atoms with Crippen molar-refractivity contribution in [2.24, 2.45) is 0 Å². The number of hydrogen-bond acceptors (Lipinski definition) is 3. The zero-order valence-electron chi connectivity index (χ0n) is 9.84. The van der Waals surface area contributed by atoms with E-state index in [4.69, 9.17) is 9.47 Å². The third kappa shape index (κ3) is 1.96. The van der Waals surface area contributed by atoms with Crippen LogP contribution in [0.2, 0.25) is 0 Å². The van der Waals surface area contributed by atoms with Crippen molar-refractivity contribution >= 4 is 0 Å². The van der Waals surface area contributed by atoms with Crippen LogP contribution in [0.3, 0.4) is 0 Å². The molecule has 0 atom stereocenters. The van der Waals surface area contributed by atoms with Gasteiger partial charge in [0.05, 0.1) is 19.8 Å². The van der Waals surface area contributed by atoms with Crippen LogP contribution in [-0.4, -0.2) is 49.0 Å². The van der Waals surface area contributed by atoms with E-state index in [0.29, 0.717) is 26.2 Å². The van der Waals surface area contributed by atoms with E-state index in [1.807, 2.05) is 13.8 Å². The summed E-state index contributed by atoms with van der Waals surface area (Å²) < 4.78 is 38.6. The van der Waals surface area contributed by atoms with Gasteiger partial charge in [-0.15, -0.1) is 0 Å². The molecule has 0 amide bonds. The molecule has 2 heterocycles. The van der Waals surface area contributed by atoms with Gasteiger partial charge in [-0.1, -0.05) is 0 Å². The minimum absolute atomic E-state index is 0.131. The molecule has 2 rings (SSSR count). The fourth-order valence-corrected chi connectivity index (χ4v) is 2.30. The molecular formula is C11H19F2NO2. The van der Waals surface area contributed by atoms with Gasteiger partial charge >= 0.3 is 5.92 Å². The van der Waals surface area contributed by atoms with Crippen molar-refractivity contribution in [3.8, 4) is 0 Å². The van der Waals surface area contributed by atoms with Gasteiger partial charge in [-0.3, -0.25) is 4.90 Å². The summed E-state index contributed by atoms with van der Waals surface area (Å²) in [5.74, 6) is -4.58. The van der Waals surface area contributed by atoms with Gasteiger partial charge in [-0.05, 0) is 20.3 Å². The van der Waals surface area contributed by atoms with Gasteiger partial charge in [-0.25, -0.2) is 0 Å². The summed E-state index contributed by atoms with van der Waals surface area (Å²) in [7, 11) is 0.